The van der Waals surface area contributed by atoms with Crippen LogP contribution >= 0.6 is 11.6 Å². The summed E-state index contributed by atoms with van der Waals surface area (Å²) in [5.41, 5.74) is 0. The molecule has 0 saturated carbocycles. The molecule has 0 saturated heterocycles. The van der Waals surface area contributed by atoms with Gasteiger partial charge < -0.3 is 5.32 Å². The van der Waals surface area contributed by atoms with Crippen molar-refractivity contribution in [1.82, 2.24) is 10.3 Å². The van der Waals surface area contributed by atoms with E-state index >= 15 is 0 Å². The fourth-order valence-corrected chi connectivity index (χ4v) is 0.927. The normalized spacial score (nSPS) is 8.93. The smallest absolute Gasteiger partial charge is 0.332 e. The van der Waals surface area contributed by atoms with Crippen molar-refractivity contribution in [2.75, 3.05) is 19.0 Å². The molecule has 0 aromatic rings. The Hall–Kier alpha value is -1.15. The van der Waals surface area contributed by atoms with E-state index in [0.717, 1.165) is 5.37 Å². The van der Waals surface area contributed by atoms with Crippen molar-refractivity contribution < 1.29 is 13.2 Å². The molecule has 0 aliphatic rings. The Morgan fingerprint density at radius 2 is 2.21 bits per heavy atom. The largest absolute Gasteiger partial charge is 0.340 e. The molecule has 0 spiro atoms. The number of halogens is 1. The summed E-state index contributed by atoms with van der Waals surface area (Å²) in [5.74, 6) is 0.0658. The minimum atomic E-state index is -2.34. The first-order chi connectivity index (χ1) is 6.61. The number of hydrogen-bond donors (Lipinski definition) is 1. The highest BCUT2D eigenvalue weighted by Crippen LogP contribution is 1.90. The third-order valence-corrected chi connectivity index (χ3v) is 1.71. The second-order valence-electron chi connectivity index (χ2n) is 2.01. The molecule has 0 unspecified atom stereocenters. The Morgan fingerprint density at radius 1 is 1.57 bits per heavy atom. The lowest BCUT2D eigenvalue weighted by atomic mass is 10.6. The number of nitroso groups, excluding NO2 is 1. The lowest BCUT2D eigenvalue weighted by Crippen LogP contribution is -2.38. The summed E-state index contributed by atoms with van der Waals surface area (Å²) in [6, 6.07) is -0.789. The topological polar surface area (TPSA) is 95.9 Å². The van der Waals surface area contributed by atoms with Gasteiger partial charge in [0.05, 0.1) is 23.7 Å². The van der Waals surface area contributed by atoms with Crippen LogP contribution in [-0.2, 0) is 10.3 Å². The zero-order valence-corrected chi connectivity index (χ0v) is 8.58. The average Bonchev–Trinajstić information content (AvgIpc) is 2.13. The van der Waals surface area contributed by atoms with Crippen molar-refractivity contribution in [3.05, 3.63) is 4.91 Å². The molecule has 0 atom stereocenters. The van der Waals surface area contributed by atoms with Crippen LogP contribution in [0.25, 0.3) is 0 Å². The monoisotopic (exact) mass is 241 g/mol. The molecule has 14 heavy (non-hydrogen) atoms. The molecule has 7 nitrogen and oxygen atoms in total. The summed E-state index contributed by atoms with van der Waals surface area (Å²) in [4.78, 5) is 21.0. The number of amides is 2. The van der Waals surface area contributed by atoms with Crippen LogP contribution in [0, 0.1) is 4.91 Å². The number of hydrogen-bond acceptors (Lipinski definition) is 5. The van der Waals surface area contributed by atoms with Gasteiger partial charge in [-0.1, -0.05) is 0 Å². The van der Waals surface area contributed by atoms with Gasteiger partial charge in [-0.15, -0.1) is 16.5 Å². The molecule has 1 N–H and O–H groups in total. The minimum Gasteiger partial charge on any atom is -0.332 e. The second-order valence-corrected chi connectivity index (χ2v) is 3.24. The van der Waals surface area contributed by atoms with Crippen molar-refractivity contribution in [1.29, 1.82) is 0 Å². The number of alkyl halides is 1. The van der Waals surface area contributed by atoms with Gasteiger partial charge in [0, 0.05) is 5.88 Å². The van der Waals surface area contributed by atoms with Crippen molar-refractivity contribution in [2.45, 2.75) is 0 Å². The van der Waals surface area contributed by atoms with Gasteiger partial charge in [0.1, 0.15) is 0 Å². The quantitative estimate of drug-likeness (QED) is 0.307. The average molecular weight is 242 g/mol. The third-order valence-electron chi connectivity index (χ3n) is 1.10. The highest BCUT2D eigenvalue weighted by atomic mass is 35.5. The van der Waals surface area contributed by atoms with Gasteiger partial charge in [-0.3, -0.25) is 0 Å². The van der Waals surface area contributed by atoms with Gasteiger partial charge in [0.2, 0.25) is 10.3 Å². The Bertz CT molecular complexity index is 320. The standard InChI is InChI=1S/C5H8ClN3O4S/c6-1-3-9(8-11)5(10)7-2-4-14(12)13/h4H,1-3H2,(H,7,10). The summed E-state index contributed by atoms with van der Waals surface area (Å²) in [7, 11) is -2.34. The third kappa shape index (κ3) is 5.49. The Kier molecular flexibility index (Phi) is 6.68. The molecule has 0 heterocycles. The number of carbonyl (C=O) groups is 1. The summed E-state index contributed by atoms with van der Waals surface area (Å²) in [6.45, 7) is -0.222. The van der Waals surface area contributed by atoms with Crippen LogP contribution in [0.5, 0.6) is 0 Å². The van der Waals surface area contributed by atoms with Crippen LogP contribution in [-0.4, -0.2) is 43.8 Å². The predicted octanol–water partition coefficient (Wildman–Crippen LogP) is -0.400. The lowest BCUT2D eigenvalue weighted by molar-refractivity contribution is 0.204. The van der Waals surface area contributed by atoms with E-state index in [-0.39, 0.29) is 19.0 Å². The van der Waals surface area contributed by atoms with E-state index < -0.39 is 16.3 Å². The van der Waals surface area contributed by atoms with Gasteiger partial charge in [-0.05, 0) is 0 Å². The Balaban J connectivity index is 4.04. The van der Waals surface area contributed by atoms with E-state index in [1.807, 2.05) is 0 Å². The summed E-state index contributed by atoms with van der Waals surface area (Å²) in [6.07, 6.45) is 0. The van der Waals surface area contributed by atoms with Crippen molar-refractivity contribution in [3.63, 3.8) is 0 Å². The molecule has 0 aliphatic heterocycles. The first-order valence-corrected chi connectivity index (χ1v) is 5.15. The van der Waals surface area contributed by atoms with Crippen molar-refractivity contribution in [3.8, 4) is 0 Å². The predicted molar refractivity (Wildman–Crippen MR) is 51.6 cm³/mol. The fraction of sp³-hybridized carbons (Fsp3) is 0.600. The molecule has 0 aromatic heterocycles. The van der Waals surface area contributed by atoms with Crippen LogP contribution in [0.4, 0.5) is 4.79 Å². The molecule has 0 fully saturated rings. The van der Waals surface area contributed by atoms with Gasteiger partial charge in [-0.25, -0.2) is 4.79 Å². The van der Waals surface area contributed by atoms with Gasteiger partial charge >= 0.3 is 6.03 Å². The summed E-state index contributed by atoms with van der Waals surface area (Å²) < 4.78 is 20.0. The first kappa shape index (κ1) is 12.8. The maximum Gasteiger partial charge on any atom is 0.340 e. The van der Waals surface area contributed by atoms with Gasteiger partial charge in [0.15, 0.2) is 0 Å². The number of nitrogens with one attached hydrogen (secondary N) is 1. The molecule has 0 bridgehead atoms. The molecule has 0 aromatic carbocycles. The van der Waals surface area contributed by atoms with E-state index in [9.17, 15) is 18.1 Å². The van der Waals surface area contributed by atoms with Gasteiger partial charge in [-0.2, -0.15) is 13.4 Å². The zero-order chi connectivity index (χ0) is 11.0. The van der Waals surface area contributed by atoms with Crippen LogP contribution in [0.3, 0.4) is 0 Å². The lowest BCUT2D eigenvalue weighted by Gasteiger charge is -2.10. The fourth-order valence-electron chi connectivity index (χ4n) is 0.548. The van der Waals surface area contributed by atoms with Crippen LogP contribution in [0.15, 0.2) is 5.29 Å². The molecule has 0 radical (unpaired) electrons. The molecule has 9 heteroatoms. The summed E-state index contributed by atoms with van der Waals surface area (Å²) in [5, 5.41) is 5.93. The molecular weight excluding hydrogens is 234 g/mol. The second kappa shape index (κ2) is 7.27. The number of rotatable bonds is 5. The van der Waals surface area contributed by atoms with E-state index in [1.165, 1.54) is 0 Å². The molecule has 0 rings (SSSR count). The van der Waals surface area contributed by atoms with Gasteiger partial charge in [0.25, 0.3) is 0 Å². The van der Waals surface area contributed by atoms with Crippen LogP contribution < -0.4 is 5.32 Å². The highest BCUT2D eigenvalue weighted by molar-refractivity contribution is 7.71. The van der Waals surface area contributed by atoms with E-state index in [4.69, 9.17) is 11.6 Å². The Morgan fingerprint density at radius 3 is 2.64 bits per heavy atom. The molecule has 80 valence electrons. The number of nitrogens with zero attached hydrogens (tertiary/aromatic N) is 2. The SMILES string of the molecule is O=NN(CCCl)C(=O)NCC=S(=O)=O. The Labute approximate surface area is 86.5 Å². The maximum absolute atomic E-state index is 11.0. The van der Waals surface area contributed by atoms with Crippen molar-refractivity contribution >= 4 is 33.3 Å². The highest BCUT2D eigenvalue weighted by Gasteiger charge is 2.11. The molecule has 2 amide bonds. The van der Waals surface area contributed by atoms with E-state index in [2.05, 4.69) is 10.6 Å². The molecular formula is C5H8ClN3O4S. The van der Waals surface area contributed by atoms with E-state index in [0.29, 0.717) is 5.01 Å². The maximum atomic E-state index is 11.0. The summed E-state index contributed by atoms with van der Waals surface area (Å²) >= 11 is 5.28. The van der Waals surface area contributed by atoms with E-state index in [1.54, 1.807) is 0 Å². The van der Waals surface area contributed by atoms with Crippen LogP contribution in [0.2, 0.25) is 0 Å². The number of carbonyl (C=O) groups excluding carboxylic acids is 1. The molecule has 0 aliphatic carbocycles. The van der Waals surface area contributed by atoms with Crippen LogP contribution in [0.1, 0.15) is 0 Å². The zero-order valence-electron chi connectivity index (χ0n) is 7.01. The minimum absolute atomic E-state index is 0.0304. The number of urea groups is 1. The first-order valence-electron chi connectivity index (χ1n) is 3.47. The van der Waals surface area contributed by atoms with Crippen molar-refractivity contribution in [2.24, 2.45) is 5.29 Å².